The second-order valence-electron chi connectivity index (χ2n) is 8.38. The Morgan fingerprint density at radius 2 is 1.90 bits per heavy atom. The van der Waals surface area contributed by atoms with Crippen LogP contribution in [0.25, 0.3) is 11.0 Å². The van der Waals surface area contributed by atoms with Crippen LogP contribution in [0.15, 0.2) is 40.3 Å². The number of aryl methyl sites for hydroxylation is 1. The minimum Gasteiger partial charge on any atom is -0.353 e. The van der Waals surface area contributed by atoms with Gasteiger partial charge in [0, 0.05) is 18.8 Å². The van der Waals surface area contributed by atoms with Crippen molar-refractivity contribution in [2.45, 2.75) is 58.8 Å². The van der Waals surface area contributed by atoms with Crippen LogP contribution in [-0.2, 0) is 17.9 Å². The van der Waals surface area contributed by atoms with Crippen LogP contribution in [-0.4, -0.2) is 26.2 Å². The van der Waals surface area contributed by atoms with E-state index in [1.807, 2.05) is 25.1 Å². The van der Waals surface area contributed by atoms with E-state index in [-0.39, 0.29) is 17.2 Å². The van der Waals surface area contributed by atoms with Crippen LogP contribution in [0.3, 0.4) is 0 Å². The Bertz CT molecular complexity index is 1080. The maximum atomic E-state index is 12.9. The van der Waals surface area contributed by atoms with Gasteiger partial charge in [-0.15, -0.1) is 0 Å². The first-order valence-electron chi connectivity index (χ1n) is 10.3. The summed E-state index contributed by atoms with van der Waals surface area (Å²) in [6.07, 6.45) is 0. The van der Waals surface area contributed by atoms with Crippen molar-refractivity contribution in [1.29, 1.82) is 0 Å². The van der Waals surface area contributed by atoms with Crippen molar-refractivity contribution >= 4 is 28.7 Å². The summed E-state index contributed by atoms with van der Waals surface area (Å²) in [4.78, 5) is 33.0. The number of rotatable bonds is 8. The number of benzene rings is 1. The molecule has 1 aromatic carbocycles. The van der Waals surface area contributed by atoms with E-state index in [0.29, 0.717) is 41.1 Å². The topological polar surface area (TPSA) is 79.8 Å². The molecular formula is C23H30N4O2S. The van der Waals surface area contributed by atoms with Gasteiger partial charge in [-0.25, -0.2) is 4.98 Å². The number of carbonyl (C=O) groups excluding carboxylic acids is 1. The number of aromatic nitrogens is 3. The van der Waals surface area contributed by atoms with Crippen molar-refractivity contribution in [3.8, 4) is 0 Å². The quantitative estimate of drug-likeness (QED) is 0.417. The van der Waals surface area contributed by atoms with Crippen molar-refractivity contribution in [2.75, 3.05) is 5.75 Å². The fourth-order valence-electron chi connectivity index (χ4n) is 3.25. The summed E-state index contributed by atoms with van der Waals surface area (Å²) >= 11 is 1.30. The van der Waals surface area contributed by atoms with Gasteiger partial charge in [0.05, 0.1) is 11.3 Å². The predicted molar refractivity (Wildman–Crippen MR) is 123 cm³/mol. The van der Waals surface area contributed by atoms with Crippen LogP contribution in [0.5, 0.6) is 0 Å². The van der Waals surface area contributed by atoms with E-state index in [1.54, 1.807) is 4.57 Å². The fraction of sp³-hybridized carbons (Fsp3) is 0.435. The number of hydrogen-bond acceptors (Lipinski definition) is 4. The third-order valence-electron chi connectivity index (χ3n) is 4.85. The van der Waals surface area contributed by atoms with Crippen molar-refractivity contribution < 1.29 is 4.79 Å². The van der Waals surface area contributed by atoms with Crippen LogP contribution in [0.2, 0.25) is 0 Å². The van der Waals surface area contributed by atoms with Gasteiger partial charge in [0.25, 0.3) is 5.56 Å². The summed E-state index contributed by atoms with van der Waals surface area (Å²) in [7, 11) is 0. The highest BCUT2D eigenvalue weighted by Gasteiger charge is 2.15. The maximum Gasteiger partial charge on any atom is 0.278 e. The zero-order chi connectivity index (χ0) is 21.8. The third kappa shape index (κ3) is 5.33. The number of H-pyrrole nitrogens is 1. The van der Waals surface area contributed by atoms with E-state index in [1.165, 1.54) is 17.3 Å². The SMILES string of the molecule is Cc1cc2nc(SCC(=O)NCc3ccc(C(C)C)cc3)n(CC(C)C)c(=O)c2[nH]1. The van der Waals surface area contributed by atoms with Crippen LogP contribution in [0, 0.1) is 12.8 Å². The molecule has 2 aromatic heterocycles. The molecule has 0 saturated heterocycles. The maximum absolute atomic E-state index is 12.9. The van der Waals surface area contributed by atoms with Crippen LogP contribution in [0.1, 0.15) is 50.4 Å². The Hall–Kier alpha value is -2.54. The lowest BCUT2D eigenvalue weighted by molar-refractivity contribution is -0.118. The van der Waals surface area contributed by atoms with Gasteiger partial charge >= 0.3 is 0 Å². The molecule has 2 N–H and O–H groups in total. The van der Waals surface area contributed by atoms with Crippen molar-refractivity contribution in [2.24, 2.45) is 5.92 Å². The molecule has 0 radical (unpaired) electrons. The second-order valence-corrected chi connectivity index (χ2v) is 9.32. The van der Waals surface area contributed by atoms with E-state index < -0.39 is 0 Å². The minimum absolute atomic E-state index is 0.0800. The summed E-state index contributed by atoms with van der Waals surface area (Å²) in [6, 6.07) is 10.2. The highest BCUT2D eigenvalue weighted by molar-refractivity contribution is 7.99. The van der Waals surface area contributed by atoms with E-state index in [4.69, 9.17) is 0 Å². The fourth-order valence-corrected chi connectivity index (χ4v) is 4.09. The molecule has 0 saturated carbocycles. The molecule has 0 aliphatic carbocycles. The van der Waals surface area contributed by atoms with Gasteiger partial charge in [-0.2, -0.15) is 0 Å². The van der Waals surface area contributed by atoms with Gasteiger partial charge in [0.15, 0.2) is 5.16 Å². The van der Waals surface area contributed by atoms with Crippen molar-refractivity contribution in [3.63, 3.8) is 0 Å². The third-order valence-corrected chi connectivity index (χ3v) is 5.83. The molecule has 30 heavy (non-hydrogen) atoms. The summed E-state index contributed by atoms with van der Waals surface area (Å²) in [5.74, 6) is 0.912. The number of carbonyl (C=O) groups is 1. The number of aromatic amines is 1. The van der Waals surface area contributed by atoms with Gasteiger partial charge in [0.2, 0.25) is 5.91 Å². The van der Waals surface area contributed by atoms with E-state index >= 15 is 0 Å². The molecular weight excluding hydrogens is 396 g/mol. The van der Waals surface area contributed by atoms with Gasteiger partial charge in [0.1, 0.15) is 5.52 Å². The number of hydrogen-bond donors (Lipinski definition) is 2. The first kappa shape index (κ1) is 22.2. The second kappa shape index (κ2) is 9.51. The first-order valence-corrected chi connectivity index (χ1v) is 11.3. The molecule has 3 aromatic rings. The smallest absolute Gasteiger partial charge is 0.278 e. The Balaban J connectivity index is 1.68. The highest BCUT2D eigenvalue weighted by atomic mass is 32.2. The zero-order valence-corrected chi connectivity index (χ0v) is 19.1. The molecule has 7 heteroatoms. The lowest BCUT2D eigenvalue weighted by Crippen LogP contribution is -2.27. The molecule has 0 atom stereocenters. The van der Waals surface area contributed by atoms with Crippen molar-refractivity contribution in [3.05, 3.63) is 57.5 Å². The number of nitrogens with one attached hydrogen (secondary N) is 2. The number of amides is 1. The highest BCUT2D eigenvalue weighted by Crippen LogP contribution is 2.19. The molecule has 3 rings (SSSR count). The van der Waals surface area contributed by atoms with Gasteiger partial charge < -0.3 is 10.3 Å². The van der Waals surface area contributed by atoms with Crippen molar-refractivity contribution in [1.82, 2.24) is 19.9 Å². The Kier molecular flexibility index (Phi) is 7.02. The molecule has 0 fully saturated rings. The van der Waals surface area contributed by atoms with E-state index in [2.05, 4.69) is 55.1 Å². The molecule has 160 valence electrons. The molecule has 0 aliphatic rings. The molecule has 2 heterocycles. The van der Waals surface area contributed by atoms with E-state index in [0.717, 1.165) is 11.3 Å². The summed E-state index contributed by atoms with van der Waals surface area (Å²) in [5.41, 5.74) is 4.32. The largest absolute Gasteiger partial charge is 0.353 e. The molecule has 0 bridgehead atoms. The summed E-state index contributed by atoms with van der Waals surface area (Å²) in [6.45, 7) is 11.4. The Morgan fingerprint density at radius 1 is 1.20 bits per heavy atom. The summed E-state index contributed by atoms with van der Waals surface area (Å²) < 4.78 is 1.67. The standard InChI is InChI=1S/C23H30N4O2S/c1-14(2)12-27-22(29)21-19(10-16(5)25-21)26-23(27)30-13-20(28)24-11-17-6-8-18(9-7-17)15(3)4/h6-10,14-15,25H,11-13H2,1-5H3,(H,24,28). The number of thioether (sulfide) groups is 1. The average Bonchev–Trinajstić information content (AvgIpc) is 3.07. The minimum atomic E-state index is -0.0880. The Morgan fingerprint density at radius 3 is 2.53 bits per heavy atom. The molecule has 6 nitrogen and oxygen atoms in total. The average molecular weight is 427 g/mol. The van der Waals surface area contributed by atoms with E-state index in [9.17, 15) is 9.59 Å². The van der Waals surface area contributed by atoms with Crippen LogP contribution < -0.4 is 10.9 Å². The predicted octanol–water partition coefficient (Wildman–Crippen LogP) is 4.22. The molecule has 0 unspecified atom stereocenters. The lowest BCUT2D eigenvalue weighted by Gasteiger charge is -2.14. The monoisotopic (exact) mass is 426 g/mol. The zero-order valence-electron chi connectivity index (χ0n) is 18.3. The molecule has 0 aliphatic heterocycles. The van der Waals surface area contributed by atoms with Crippen LogP contribution >= 0.6 is 11.8 Å². The molecule has 0 spiro atoms. The van der Waals surface area contributed by atoms with Gasteiger partial charge in [-0.1, -0.05) is 63.7 Å². The van der Waals surface area contributed by atoms with Gasteiger partial charge in [-0.3, -0.25) is 14.2 Å². The first-order chi connectivity index (χ1) is 14.2. The Labute approximate surface area is 181 Å². The van der Waals surface area contributed by atoms with Crippen LogP contribution in [0.4, 0.5) is 0 Å². The normalized spacial score (nSPS) is 11.6. The number of fused-ring (bicyclic) bond motifs is 1. The van der Waals surface area contributed by atoms with Gasteiger partial charge in [-0.05, 0) is 36.0 Å². The molecule has 1 amide bonds. The lowest BCUT2D eigenvalue weighted by atomic mass is 10.0. The summed E-state index contributed by atoms with van der Waals surface area (Å²) in [5, 5.41) is 3.53. The number of nitrogens with zero attached hydrogens (tertiary/aromatic N) is 2.